The molecule has 0 spiro atoms. The van der Waals surface area contributed by atoms with Gasteiger partial charge in [-0.2, -0.15) is 0 Å². The highest BCUT2D eigenvalue weighted by atomic mass is 79.9. The number of nitrogens with zero attached hydrogens (tertiary/aromatic N) is 1. The summed E-state index contributed by atoms with van der Waals surface area (Å²) in [6.07, 6.45) is 1.06. The lowest BCUT2D eigenvalue weighted by molar-refractivity contribution is 0.543. The summed E-state index contributed by atoms with van der Waals surface area (Å²) in [5, 5.41) is 3.64. The van der Waals surface area contributed by atoms with E-state index in [1.165, 1.54) is 22.5 Å². The van der Waals surface area contributed by atoms with Crippen LogP contribution in [0, 0.1) is 13.8 Å². The maximum Gasteiger partial charge on any atom is 0.0225 e. The molecule has 1 heterocycles. The Balaban J connectivity index is 1.92. The van der Waals surface area contributed by atoms with E-state index in [-0.39, 0.29) is 0 Å². The number of aryl methyl sites for hydroxylation is 1. The second-order valence-corrected chi connectivity index (χ2v) is 6.67. The third-order valence-electron chi connectivity index (χ3n) is 4.09. The normalized spacial score (nSPS) is 12.6. The van der Waals surface area contributed by atoms with E-state index >= 15 is 0 Å². The molecule has 2 rings (SSSR count). The van der Waals surface area contributed by atoms with Crippen molar-refractivity contribution >= 4 is 15.9 Å². The smallest absolute Gasteiger partial charge is 0.0225 e. The first kappa shape index (κ1) is 16.3. The zero-order valence-electron chi connectivity index (χ0n) is 13.4. The van der Waals surface area contributed by atoms with Gasteiger partial charge in [-0.25, -0.2) is 0 Å². The zero-order chi connectivity index (χ0) is 15.4. The fourth-order valence-electron chi connectivity index (χ4n) is 2.87. The molecule has 1 atom stereocenters. The van der Waals surface area contributed by atoms with E-state index in [1.54, 1.807) is 0 Å². The van der Waals surface area contributed by atoms with E-state index < -0.39 is 0 Å². The quantitative estimate of drug-likeness (QED) is 0.806. The summed E-state index contributed by atoms with van der Waals surface area (Å²) in [6.45, 7) is 10.8. The van der Waals surface area contributed by atoms with Gasteiger partial charge in [0, 0.05) is 35.0 Å². The van der Waals surface area contributed by atoms with Crippen molar-refractivity contribution in [1.29, 1.82) is 0 Å². The second-order valence-electron chi connectivity index (χ2n) is 5.75. The average molecular weight is 349 g/mol. The standard InChI is InChI=1S/C18H25BrN2/c1-5-21-14(3)11-17(15(21)4)12-20-13(2)10-16-6-8-18(19)9-7-16/h6-9,11,13,20H,5,10,12H2,1-4H3. The van der Waals surface area contributed by atoms with Crippen LogP contribution in [0.5, 0.6) is 0 Å². The molecule has 2 aromatic rings. The first-order valence-electron chi connectivity index (χ1n) is 7.64. The van der Waals surface area contributed by atoms with Crippen LogP contribution in [0.4, 0.5) is 0 Å². The molecule has 0 bridgehead atoms. The Morgan fingerprint density at radius 2 is 1.86 bits per heavy atom. The van der Waals surface area contributed by atoms with E-state index in [0.717, 1.165) is 24.0 Å². The van der Waals surface area contributed by atoms with Gasteiger partial charge in [0.25, 0.3) is 0 Å². The first-order valence-corrected chi connectivity index (χ1v) is 8.44. The Morgan fingerprint density at radius 1 is 1.19 bits per heavy atom. The van der Waals surface area contributed by atoms with Crippen LogP contribution in [0.15, 0.2) is 34.8 Å². The molecule has 0 aliphatic rings. The third-order valence-corrected chi connectivity index (χ3v) is 4.62. The highest BCUT2D eigenvalue weighted by molar-refractivity contribution is 9.10. The maximum absolute atomic E-state index is 3.64. The predicted octanol–water partition coefficient (Wildman–Crippen LogP) is 4.61. The summed E-state index contributed by atoms with van der Waals surface area (Å²) in [5.41, 5.74) is 5.53. The Hall–Kier alpha value is -1.06. The van der Waals surface area contributed by atoms with Crippen molar-refractivity contribution in [2.75, 3.05) is 0 Å². The van der Waals surface area contributed by atoms with Crippen LogP contribution in [0.2, 0.25) is 0 Å². The molecule has 114 valence electrons. The Morgan fingerprint density at radius 3 is 2.43 bits per heavy atom. The van der Waals surface area contributed by atoms with Gasteiger partial charge in [0.1, 0.15) is 0 Å². The lowest BCUT2D eigenvalue weighted by Crippen LogP contribution is -2.27. The molecular formula is C18H25BrN2. The van der Waals surface area contributed by atoms with Crippen LogP contribution in [-0.2, 0) is 19.5 Å². The van der Waals surface area contributed by atoms with Gasteiger partial charge in [-0.1, -0.05) is 28.1 Å². The van der Waals surface area contributed by atoms with E-state index in [2.05, 4.69) is 83.8 Å². The van der Waals surface area contributed by atoms with Gasteiger partial charge >= 0.3 is 0 Å². The minimum atomic E-state index is 0.468. The van der Waals surface area contributed by atoms with Gasteiger partial charge < -0.3 is 9.88 Å². The molecule has 0 aliphatic heterocycles. The summed E-state index contributed by atoms with van der Waals surface area (Å²) in [6, 6.07) is 11.4. The fraction of sp³-hybridized carbons (Fsp3) is 0.444. The van der Waals surface area contributed by atoms with Gasteiger partial charge in [0.2, 0.25) is 0 Å². The van der Waals surface area contributed by atoms with E-state index in [4.69, 9.17) is 0 Å². The summed E-state index contributed by atoms with van der Waals surface area (Å²) in [4.78, 5) is 0. The summed E-state index contributed by atoms with van der Waals surface area (Å²) < 4.78 is 3.51. The number of benzene rings is 1. The van der Waals surface area contributed by atoms with Crippen molar-refractivity contribution in [2.24, 2.45) is 0 Å². The minimum Gasteiger partial charge on any atom is -0.349 e. The van der Waals surface area contributed by atoms with Crippen molar-refractivity contribution in [3.05, 3.63) is 57.3 Å². The number of hydrogen-bond donors (Lipinski definition) is 1. The molecule has 2 nitrogen and oxygen atoms in total. The Bertz CT molecular complexity index is 584. The number of rotatable bonds is 6. The van der Waals surface area contributed by atoms with E-state index in [1.807, 2.05) is 0 Å². The Kier molecular flexibility index (Phi) is 5.65. The van der Waals surface area contributed by atoms with E-state index in [9.17, 15) is 0 Å². The zero-order valence-corrected chi connectivity index (χ0v) is 15.0. The Labute approximate surface area is 136 Å². The molecule has 0 amide bonds. The van der Waals surface area contributed by atoms with Gasteiger partial charge in [0.05, 0.1) is 0 Å². The molecule has 0 aliphatic carbocycles. The number of hydrogen-bond acceptors (Lipinski definition) is 1. The maximum atomic E-state index is 3.64. The molecule has 1 unspecified atom stereocenters. The highest BCUT2D eigenvalue weighted by Crippen LogP contribution is 2.16. The van der Waals surface area contributed by atoms with Gasteiger partial charge in [-0.15, -0.1) is 0 Å². The topological polar surface area (TPSA) is 17.0 Å². The minimum absolute atomic E-state index is 0.468. The molecule has 0 radical (unpaired) electrons. The van der Waals surface area contributed by atoms with Crippen molar-refractivity contribution in [3.63, 3.8) is 0 Å². The molecule has 21 heavy (non-hydrogen) atoms. The van der Waals surface area contributed by atoms with Gasteiger partial charge in [0.15, 0.2) is 0 Å². The van der Waals surface area contributed by atoms with Crippen LogP contribution in [0.1, 0.15) is 36.4 Å². The van der Waals surface area contributed by atoms with Crippen LogP contribution in [0.3, 0.4) is 0 Å². The van der Waals surface area contributed by atoms with Crippen molar-refractivity contribution < 1.29 is 0 Å². The summed E-state index contributed by atoms with van der Waals surface area (Å²) in [7, 11) is 0. The SMILES string of the molecule is CCn1c(C)cc(CNC(C)Cc2ccc(Br)cc2)c1C. The van der Waals surface area contributed by atoms with Crippen LogP contribution in [-0.4, -0.2) is 10.6 Å². The number of nitrogens with one attached hydrogen (secondary N) is 1. The molecule has 1 N–H and O–H groups in total. The number of halogens is 1. The lowest BCUT2D eigenvalue weighted by Gasteiger charge is -2.14. The molecular weight excluding hydrogens is 324 g/mol. The fourth-order valence-corrected chi connectivity index (χ4v) is 3.13. The second kappa shape index (κ2) is 7.28. The monoisotopic (exact) mass is 348 g/mol. The van der Waals surface area contributed by atoms with Gasteiger partial charge in [-0.05, 0) is 63.4 Å². The van der Waals surface area contributed by atoms with Crippen LogP contribution >= 0.6 is 15.9 Å². The lowest BCUT2D eigenvalue weighted by atomic mass is 10.1. The first-order chi connectivity index (χ1) is 10.0. The largest absolute Gasteiger partial charge is 0.349 e. The summed E-state index contributed by atoms with van der Waals surface area (Å²) >= 11 is 3.48. The molecule has 1 aromatic heterocycles. The summed E-state index contributed by atoms with van der Waals surface area (Å²) in [5.74, 6) is 0. The molecule has 3 heteroatoms. The highest BCUT2D eigenvalue weighted by Gasteiger charge is 2.09. The van der Waals surface area contributed by atoms with Crippen molar-refractivity contribution in [3.8, 4) is 0 Å². The van der Waals surface area contributed by atoms with Crippen molar-refractivity contribution in [1.82, 2.24) is 9.88 Å². The molecule has 0 saturated heterocycles. The van der Waals surface area contributed by atoms with E-state index in [0.29, 0.717) is 6.04 Å². The molecule has 0 saturated carbocycles. The predicted molar refractivity (Wildman–Crippen MR) is 93.7 cm³/mol. The number of aromatic nitrogens is 1. The average Bonchev–Trinajstić information content (AvgIpc) is 2.73. The molecule has 0 fully saturated rings. The van der Waals surface area contributed by atoms with Gasteiger partial charge in [-0.3, -0.25) is 0 Å². The van der Waals surface area contributed by atoms with Crippen LogP contribution in [0.25, 0.3) is 0 Å². The molecule has 1 aromatic carbocycles. The van der Waals surface area contributed by atoms with Crippen molar-refractivity contribution in [2.45, 2.75) is 53.2 Å². The third kappa shape index (κ3) is 4.21. The van der Waals surface area contributed by atoms with Crippen LogP contribution < -0.4 is 5.32 Å².